The first kappa shape index (κ1) is 15.0. The molecular weight excluding hydrogens is 294 g/mol. The van der Waals surface area contributed by atoms with Crippen molar-refractivity contribution in [1.82, 2.24) is 4.90 Å². The van der Waals surface area contributed by atoms with Crippen LogP contribution in [-0.2, 0) is 0 Å². The number of hydrogen-bond donors (Lipinski definition) is 0. The average molecular weight is 313 g/mol. The van der Waals surface area contributed by atoms with Gasteiger partial charge in [-0.2, -0.15) is 11.3 Å². The highest BCUT2D eigenvalue weighted by Crippen LogP contribution is 2.35. The molecule has 22 heavy (non-hydrogen) atoms. The summed E-state index contributed by atoms with van der Waals surface area (Å²) in [5.41, 5.74) is 2.11. The van der Waals surface area contributed by atoms with Crippen LogP contribution in [0, 0.1) is 5.92 Å². The fourth-order valence-corrected chi connectivity index (χ4v) is 3.60. The van der Waals surface area contributed by atoms with Crippen molar-refractivity contribution in [2.24, 2.45) is 5.92 Å². The molecule has 0 aliphatic carbocycles. The summed E-state index contributed by atoms with van der Waals surface area (Å²) in [6.45, 7) is 4.32. The highest BCUT2D eigenvalue weighted by Gasteiger charge is 2.40. The molecular formula is C18H19NO2S. The van der Waals surface area contributed by atoms with E-state index in [1.807, 2.05) is 16.8 Å². The maximum atomic E-state index is 12.7. The highest BCUT2D eigenvalue weighted by atomic mass is 32.1. The fraction of sp³-hybridized carbons (Fsp3) is 0.333. The van der Waals surface area contributed by atoms with Gasteiger partial charge in [-0.05, 0) is 53.3 Å². The van der Waals surface area contributed by atoms with Gasteiger partial charge in [0.25, 0.3) is 11.8 Å². The molecule has 3 nitrogen and oxygen atoms in total. The van der Waals surface area contributed by atoms with Gasteiger partial charge in [-0.1, -0.05) is 26.0 Å². The topological polar surface area (TPSA) is 37.4 Å². The number of carbonyl (C=O) groups is 2. The molecule has 0 N–H and O–H groups in total. The van der Waals surface area contributed by atoms with E-state index in [1.54, 1.807) is 35.6 Å². The smallest absolute Gasteiger partial charge is 0.262 e. The second-order valence-electron chi connectivity index (χ2n) is 6.07. The van der Waals surface area contributed by atoms with Crippen LogP contribution >= 0.6 is 11.3 Å². The Kier molecular flexibility index (Phi) is 4.12. The Morgan fingerprint density at radius 1 is 1.00 bits per heavy atom. The number of hydrogen-bond acceptors (Lipinski definition) is 3. The quantitative estimate of drug-likeness (QED) is 0.761. The Labute approximate surface area is 134 Å². The molecule has 0 saturated heterocycles. The normalized spacial score (nSPS) is 15.5. The Morgan fingerprint density at radius 3 is 2.14 bits per heavy atom. The lowest BCUT2D eigenvalue weighted by molar-refractivity contribution is 0.0569. The van der Waals surface area contributed by atoms with Crippen LogP contribution in [0.15, 0.2) is 41.1 Å². The Morgan fingerprint density at radius 2 is 1.64 bits per heavy atom. The molecule has 0 fully saturated rings. The van der Waals surface area contributed by atoms with Crippen LogP contribution in [0.5, 0.6) is 0 Å². The molecule has 1 aromatic carbocycles. The number of nitrogens with zero attached hydrogens (tertiary/aromatic N) is 1. The molecule has 1 atom stereocenters. The third-order valence-corrected chi connectivity index (χ3v) is 4.78. The van der Waals surface area contributed by atoms with Gasteiger partial charge in [0.2, 0.25) is 0 Å². The van der Waals surface area contributed by atoms with Gasteiger partial charge >= 0.3 is 0 Å². The summed E-state index contributed by atoms with van der Waals surface area (Å²) in [5, 5.41) is 4.03. The molecule has 0 bridgehead atoms. The average Bonchev–Trinajstić information content (AvgIpc) is 3.11. The molecule has 1 aliphatic rings. The second kappa shape index (κ2) is 6.05. The maximum absolute atomic E-state index is 12.7. The molecule has 1 unspecified atom stereocenters. The van der Waals surface area contributed by atoms with Gasteiger partial charge in [0.05, 0.1) is 17.2 Å². The zero-order valence-electron chi connectivity index (χ0n) is 12.8. The van der Waals surface area contributed by atoms with Crippen molar-refractivity contribution in [1.29, 1.82) is 0 Å². The first-order chi connectivity index (χ1) is 10.6. The van der Waals surface area contributed by atoms with Crippen molar-refractivity contribution in [2.45, 2.75) is 32.7 Å². The van der Waals surface area contributed by atoms with E-state index in [0.29, 0.717) is 17.0 Å². The second-order valence-corrected chi connectivity index (χ2v) is 6.85. The minimum Gasteiger partial charge on any atom is -0.269 e. The number of benzene rings is 1. The summed E-state index contributed by atoms with van der Waals surface area (Å²) in [4.78, 5) is 26.8. The van der Waals surface area contributed by atoms with Crippen LogP contribution in [0.3, 0.4) is 0 Å². The minimum absolute atomic E-state index is 0.166. The van der Waals surface area contributed by atoms with Crippen molar-refractivity contribution in [2.75, 3.05) is 0 Å². The molecule has 0 saturated carbocycles. The predicted octanol–water partition coefficient (Wildman–Crippen LogP) is 4.52. The monoisotopic (exact) mass is 313 g/mol. The molecule has 3 rings (SSSR count). The van der Waals surface area contributed by atoms with E-state index < -0.39 is 0 Å². The summed E-state index contributed by atoms with van der Waals surface area (Å²) < 4.78 is 0. The largest absolute Gasteiger partial charge is 0.269 e. The van der Waals surface area contributed by atoms with E-state index in [-0.39, 0.29) is 17.9 Å². The number of fused-ring (bicyclic) bond motifs is 1. The van der Waals surface area contributed by atoms with E-state index in [0.717, 1.165) is 18.4 Å². The van der Waals surface area contributed by atoms with Gasteiger partial charge in [-0.15, -0.1) is 0 Å². The molecule has 0 spiro atoms. The Balaban J connectivity index is 1.95. The standard InChI is InChI=1S/C18H19NO2S/c1-12(2)7-8-16(13-9-10-22-11-13)19-17(20)14-5-3-4-6-15(14)18(19)21/h3-6,9-12,16H,7-8H2,1-2H3. The number of imide groups is 1. The van der Waals surface area contributed by atoms with Crippen molar-refractivity contribution in [3.63, 3.8) is 0 Å². The third kappa shape index (κ3) is 2.59. The van der Waals surface area contributed by atoms with E-state index in [4.69, 9.17) is 0 Å². The lowest BCUT2D eigenvalue weighted by atomic mass is 9.98. The summed E-state index contributed by atoms with van der Waals surface area (Å²) in [5.74, 6) is 0.206. The molecule has 0 radical (unpaired) electrons. The maximum Gasteiger partial charge on any atom is 0.262 e. The van der Waals surface area contributed by atoms with Crippen LogP contribution in [0.1, 0.15) is 59.0 Å². The van der Waals surface area contributed by atoms with Crippen LogP contribution in [0.2, 0.25) is 0 Å². The van der Waals surface area contributed by atoms with Crippen LogP contribution in [0.25, 0.3) is 0 Å². The summed E-state index contributed by atoms with van der Waals surface area (Å²) in [6, 6.07) is 8.94. The zero-order valence-corrected chi connectivity index (χ0v) is 13.6. The van der Waals surface area contributed by atoms with E-state index in [9.17, 15) is 9.59 Å². The number of thiophene rings is 1. The van der Waals surface area contributed by atoms with Gasteiger partial charge in [-0.25, -0.2) is 0 Å². The predicted molar refractivity (Wildman–Crippen MR) is 88.1 cm³/mol. The Bertz CT molecular complexity index is 656. The van der Waals surface area contributed by atoms with Crippen molar-refractivity contribution in [3.8, 4) is 0 Å². The molecule has 2 heterocycles. The van der Waals surface area contributed by atoms with Crippen molar-refractivity contribution < 1.29 is 9.59 Å². The lowest BCUT2D eigenvalue weighted by Crippen LogP contribution is -2.34. The van der Waals surface area contributed by atoms with Crippen molar-refractivity contribution in [3.05, 3.63) is 57.8 Å². The van der Waals surface area contributed by atoms with Gasteiger partial charge in [0.1, 0.15) is 0 Å². The van der Waals surface area contributed by atoms with E-state index in [2.05, 4.69) is 13.8 Å². The van der Waals surface area contributed by atoms with Crippen LogP contribution < -0.4 is 0 Å². The summed E-state index contributed by atoms with van der Waals surface area (Å²) in [6.07, 6.45) is 1.79. The third-order valence-electron chi connectivity index (χ3n) is 4.08. The van der Waals surface area contributed by atoms with Crippen molar-refractivity contribution >= 4 is 23.2 Å². The molecule has 1 aromatic heterocycles. The lowest BCUT2D eigenvalue weighted by Gasteiger charge is -2.26. The van der Waals surface area contributed by atoms with Gasteiger partial charge < -0.3 is 0 Å². The Hall–Kier alpha value is -1.94. The molecule has 4 heteroatoms. The summed E-state index contributed by atoms with van der Waals surface area (Å²) in [7, 11) is 0. The molecule has 2 amide bonds. The van der Waals surface area contributed by atoms with E-state index in [1.165, 1.54) is 4.90 Å². The van der Waals surface area contributed by atoms with Gasteiger partial charge in [-0.3, -0.25) is 14.5 Å². The van der Waals surface area contributed by atoms with Gasteiger partial charge in [0, 0.05) is 0 Å². The molecule has 114 valence electrons. The van der Waals surface area contributed by atoms with Gasteiger partial charge in [0.15, 0.2) is 0 Å². The highest BCUT2D eigenvalue weighted by molar-refractivity contribution is 7.08. The van der Waals surface area contributed by atoms with Crippen LogP contribution in [0.4, 0.5) is 0 Å². The number of amides is 2. The molecule has 2 aromatic rings. The van der Waals surface area contributed by atoms with E-state index >= 15 is 0 Å². The zero-order chi connectivity index (χ0) is 15.7. The molecule has 1 aliphatic heterocycles. The SMILES string of the molecule is CC(C)CCC(c1ccsc1)N1C(=O)c2ccccc2C1=O. The number of rotatable bonds is 5. The number of carbonyl (C=O) groups excluding carboxylic acids is 2. The first-order valence-corrected chi connectivity index (χ1v) is 8.53. The fourth-order valence-electron chi connectivity index (χ4n) is 2.89. The first-order valence-electron chi connectivity index (χ1n) is 7.58. The minimum atomic E-state index is -0.166. The van der Waals surface area contributed by atoms with Crippen LogP contribution in [-0.4, -0.2) is 16.7 Å². The summed E-state index contributed by atoms with van der Waals surface area (Å²) >= 11 is 1.60.